The summed E-state index contributed by atoms with van der Waals surface area (Å²) in [6.45, 7) is 5.56. The van der Waals surface area contributed by atoms with Crippen molar-refractivity contribution in [1.29, 1.82) is 0 Å². The lowest BCUT2D eigenvalue weighted by Crippen LogP contribution is -2.45. The van der Waals surface area contributed by atoms with Gasteiger partial charge in [0.25, 0.3) is 0 Å². The number of amides is 1. The highest BCUT2D eigenvalue weighted by molar-refractivity contribution is 7.88. The van der Waals surface area contributed by atoms with Crippen LogP contribution < -0.4 is 5.32 Å². The standard InChI is InChI=1S/C26H37N5O3S/c1-18-27-25-11-13-29(35(3,33)34)17-26(25)31(18)23-15-21-9-10-22(16-23)30(21)14-12-24(28-19(2)32)20-7-5-4-6-8-20/h4-8,21-24H,9-17H2,1-3H3,(H,28,32)/t21?,22?,23?,24-/m0/s1. The lowest BCUT2D eigenvalue weighted by Gasteiger charge is -2.41. The average molecular weight is 500 g/mol. The van der Waals surface area contributed by atoms with E-state index in [4.69, 9.17) is 4.98 Å². The Kier molecular flexibility index (Phi) is 6.76. The van der Waals surface area contributed by atoms with Gasteiger partial charge in [0, 0.05) is 44.6 Å². The summed E-state index contributed by atoms with van der Waals surface area (Å²) in [5, 5.41) is 3.14. The van der Waals surface area contributed by atoms with Crippen LogP contribution in [0, 0.1) is 6.92 Å². The summed E-state index contributed by atoms with van der Waals surface area (Å²) >= 11 is 0. The van der Waals surface area contributed by atoms with E-state index in [0.717, 1.165) is 48.6 Å². The topological polar surface area (TPSA) is 87.5 Å². The minimum atomic E-state index is -3.22. The fourth-order valence-electron chi connectivity index (χ4n) is 6.61. The Morgan fingerprint density at radius 3 is 2.46 bits per heavy atom. The van der Waals surface area contributed by atoms with E-state index < -0.39 is 10.0 Å². The van der Waals surface area contributed by atoms with E-state index >= 15 is 0 Å². The van der Waals surface area contributed by atoms with E-state index in [1.165, 1.54) is 19.1 Å². The molecule has 1 amide bonds. The van der Waals surface area contributed by atoms with Crippen molar-refractivity contribution in [2.45, 2.75) is 83.1 Å². The highest BCUT2D eigenvalue weighted by Crippen LogP contribution is 2.43. The SMILES string of the molecule is CC(=O)N[C@@H](CCN1C2CCC1CC(n1c(C)nc3c1CN(S(C)(=O)=O)CC3)C2)c1ccccc1. The van der Waals surface area contributed by atoms with Gasteiger partial charge in [-0.2, -0.15) is 4.31 Å². The van der Waals surface area contributed by atoms with Crippen LogP contribution in [0.25, 0.3) is 0 Å². The van der Waals surface area contributed by atoms with Gasteiger partial charge in [-0.05, 0) is 44.6 Å². The molecule has 1 aromatic heterocycles. The van der Waals surface area contributed by atoms with Crippen molar-refractivity contribution in [1.82, 2.24) is 24.1 Å². The molecule has 2 saturated heterocycles. The minimum Gasteiger partial charge on any atom is -0.349 e. The van der Waals surface area contributed by atoms with Crippen LogP contribution in [0.15, 0.2) is 30.3 Å². The van der Waals surface area contributed by atoms with Crippen molar-refractivity contribution >= 4 is 15.9 Å². The highest BCUT2D eigenvalue weighted by atomic mass is 32.2. The molecule has 3 aliphatic heterocycles. The molecule has 0 saturated carbocycles. The first kappa shape index (κ1) is 24.5. The second-order valence-electron chi connectivity index (χ2n) is 10.5. The Bertz CT molecular complexity index is 1170. The van der Waals surface area contributed by atoms with Crippen molar-refractivity contribution in [2.75, 3.05) is 19.3 Å². The van der Waals surface area contributed by atoms with Crippen LogP contribution in [-0.2, 0) is 27.8 Å². The van der Waals surface area contributed by atoms with Gasteiger partial charge in [-0.15, -0.1) is 0 Å². The molecule has 3 aliphatic rings. The van der Waals surface area contributed by atoms with Crippen LogP contribution in [0.5, 0.6) is 0 Å². The average Bonchev–Trinajstić information content (AvgIpc) is 3.26. The molecule has 2 unspecified atom stereocenters. The Balaban J connectivity index is 1.29. The summed E-state index contributed by atoms with van der Waals surface area (Å²) < 4.78 is 28.4. The van der Waals surface area contributed by atoms with Gasteiger partial charge in [0.05, 0.1) is 30.2 Å². The van der Waals surface area contributed by atoms with Crippen LogP contribution in [0.4, 0.5) is 0 Å². The smallest absolute Gasteiger partial charge is 0.217 e. The molecule has 0 spiro atoms. The molecule has 5 rings (SSSR count). The summed E-state index contributed by atoms with van der Waals surface area (Å²) in [6, 6.07) is 11.6. The predicted molar refractivity (Wildman–Crippen MR) is 135 cm³/mol. The molecule has 190 valence electrons. The first-order chi connectivity index (χ1) is 16.7. The number of rotatable bonds is 7. The maximum absolute atomic E-state index is 12.2. The fourth-order valence-corrected chi connectivity index (χ4v) is 7.39. The maximum atomic E-state index is 12.2. The molecule has 3 atom stereocenters. The minimum absolute atomic E-state index is 0.00373. The van der Waals surface area contributed by atoms with Crippen LogP contribution in [-0.4, -0.2) is 64.5 Å². The molecule has 1 aromatic carbocycles. The number of carbonyl (C=O) groups is 1. The Hall–Kier alpha value is -2.23. The number of hydrogen-bond acceptors (Lipinski definition) is 5. The molecule has 35 heavy (non-hydrogen) atoms. The molecule has 8 nitrogen and oxygen atoms in total. The third-order valence-electron chi connectivity index (χ3n) is 8.14. The van der Waals surface area contributed by atoms with Crippen LogP contribution >= 0.6 is 0 Å². The van der Waals surface area contributed by atoms with Gasteiger partial charge in [-0.1, -0.05) is 30.3 Å². The van der Waals surface area contributed by atoms with E-state index in [0.29, 0.717) is 37.6 Å². The van der Waals surface area contributed by atoms with Crippen LogP contribution in [0.3, 0.4) is 0 Å². The number of carbonyl (C=O) groups excluding carboxylic acids is 1. The van der Waals surface area contributed by atoms with Gasteiger partial charge >= 0.3 is 0 Å². The number of nitrogens with zero attached hydrogens (tertiary/aromatic N) is 4. The van der Waals surface area contributed by atoms with Crippen molar-refractivity contribution in [2.24, 2.45) is 0 Å². The molecule has 4 heterocycles. The van der Waals surface area contributed by atoms with Crippen molar-refractivity contribution in [3.8, 4) is 0 Å². The quantitative estimate of drug-likeness (QED) is 0.633. The number of fused-ring (bicyclic) bond motifs is 3. The van der Waals surface area contributed by atoms with Crippen molar-refractivity contribution in [3.63, 3.8) is 0 Å². The van der Waals surface area contributed by atoms with Gasteiger partial charge < -0.3 is 9.88 Å². The number of aromatic nitrogens is 2. The zero-order valence-corrected chi connectivity index (χ0v) is 21.8. The van der Waals surface area contributed by atoms with E-state index in [1.54, 1.807) is 11.2 Å². The summed E-state index contributed by atoms with van der Waals surface area (Å²) in [6.07, 6.45) is 7.40. The van der Waals surface area contributed by atoms with Crippen molar-refractivity contribution in [3.05, 3.63) is 53.1 Å². The van der Waals surface area contributed by atoms with Gasteiger partial charge in [0.15, 0.2) is 0 Å². The highest BCUT2D eigenvalue weighted by Gasteiger charge is 2.42. The number of piperidine rings is 1. The molecular formula is C26H37N5O3S. The third kappa shape index (κ3) is 5.04. The van der Waals surface area contributed by atoms with E-state index in [1.807, 2.05) is 18.2 Å². The Morgan fingerprint density at radius 2 is 1.83 bits per heavy atom. The lowest BCUT2D eigenvalue weighted by molar-refractivity contribution is -0.119. The van der Waals surface area contributed by atoms with Crippen LogP contribution in [0.1, 0.15) is 73.9 Å². The molecule has 2 fully saturated rings. The number of aryl methyl sites for hydroxylation is 1. The fraction of sp³-hybridized carbons (Fsp3) is 0.615. The summed E-state index contributed by atoms with van der Waals surface area (Å²) in [5.41, 5.74) is 3.31. The van der Waals surface area contributed by atoms with E-state index in [9.17, 15) is 13.2 Å². The van der Waals surface area contributed by atoms with E-state index in [2.05, 4.69) is 33.8 Å². The first-order valence-corrected chi connectivity index (χ1v) is 14.6. The zero-order valence-electron chi connectivity index (χ0n) is 21.0. The molecule has 2 bridgehead atoms. The summed E-state index contributed by atoms with van der Waals surface area (Å²) in [4.78, 5) is 19.4. The molecule has 2 aromatic rings. The number of imidazole rings is 1. The van der Waals surface area contributed by atoms with Gasteiger partial charge in [0.1, 0.15) is 5.82 Å². The molecule has 1 N–H and O–H groups in total. The summed E-state index contributed by atoms with van der Waals surface area (Å²) in [7, 11) is -3.22. The van der Waals surface area contributed by atoms with E-state index in [-0.39, 0.29) is 11.9 Å². The third-order valence-corrected chi connectivity index (χ3v) is 9.39. The lowest BCUT2D eigenvalue weighted by atomic mass is 9.95. The summed E-state index contributed by atoms with van der Waals surface area (Å²) in [5.74, 6) is 1.02. The Labute approximate surface area is 208 Å². The number of hydrogen-bond donors (Lipinski definition) is 1. The number of nitrogens with one attached hydrogen (secondary N) is 1. The second kappa shape index (κ2) is 9.67. The largest absolute Gasteiger partial charge is 0.349 e. The zero-order chi connectivity index (χ0) is 24.7. The Morgan fingerprint density at radius 1 is 1.14 bits per heavy atom. The molecule has 9 heteroatoms. The monoisotopic (exact) mass is 499 g/mol. The number of sulfonamides is 1. The number of benzene rings is 1. The van der Waals surface area contributed by atoms with Gasteiger partial charge in [-0.3, -0.25) is 9.69 Å². The first-order valence-electron chi connectivity index (χ1n) is 12.8. The van der Waals surface area contributed by atoms with Crippen LogP contribution in [0.2, 0.25) is 0 Å². The molecule has 0 aliphatic carbocycles. The maximum Gasteiger partial charge on any atom is 0.217 e. The van der Waals surface area contributed by atoms with Crippen molar-refractivity contribution < 1.29 is 13.2 Å². The predicted octanol–water partition coefficient (Wildman–Crippen LogP) is 2.94. The van der Waals surface area contributed by atoms with Gasteiger partial charge in [0.2, 0.25) is 15.9 Å². The normalized spacial score (nSPS) is 25.9. The second-order valence-corrected chi connectivity index (χ2v) is 12.5. The molecule has 0 radical (unpaired) electrons. The van der Waals surface area contributed by atoms with Gasteiger partial charge in [-0.25, -0.2) is 13.4 Å². The molecular weight excluding hydrogens is 462 g/mol.